The van der Waals surface area contributed by atoms with Crippen molar-refractivity contribution in [3.63, 3.8) is 0 Å². The van der Waals surface area contributed by atoms with Gasteiger partial charge in [0.05, 0.1) is 11.0 Å². The number of benzene rings is 13. The van der Waals surface area contributed by atoms with E-state index in [2.05, 4.69) is 359 Å². The minimum absolute atomic E-state index is 0. The maximum atomic E-state index is 7.42. The van der Waals surface area contributed by atoms with Crippen molar-refractivity contribution in [3.05, 3.63) is 352 Å². The first-order valence-corrected chi connectivity index (χ1v) is 35.3. The molecular formula is C96H84N5OPt-3. The summed E-state index contributed by atoms with van der Waals surface area (Å²) in [6.07, 6.45) is 8.49. The van der Waals surface area contributed by atoms with E-state index < -0.39 is 0 Å². The fourth-order valence-corrected chi connectivity index (χ4v) is 18.6. The maximum absolute atomic E-state index is 7.42. The third-order valence-corrected chi connectivity index (χ3v) is 22.5. The molecule has 13 aromatic carbocycles. The minimum Gasteiger partial charge on any atom is -0.509 e. The first-order valence-electron chi connectivity index (χ1n) is 41.3. The molecule has 4 heterocycles. The normalized spacial score (nSPS) is 18.3. The Hall–Kier alpha value is -11.3. The van der Waals surface area contributed by atoms with Crippen molar-refractivity contribution in [2.45, 2.75) is 52.3 Å². The van der Waals surface area contributed by atoms with Gasteiger partial charge in [-0.25, -0.2) is 4.98 Å². The molecule has 0 N–H and O–H groups in total. The number of ether oxygens (including phenoxy) is 1. The largest absolute Gasteiger partial charge is 0.509 e. The molecule has 4 bridgehead atoms. The smallest absolute Gasteiger partial charge is 0.135 e. The van der Waals surface area contributed by atoms with E-state index in [9.17, 15) is 0 Å². The van der Waals surface area contributed by atoms with Crippen LogP contribution >= 0.6 is 0 Å². The molecule has 0 saturated heterocycles. The molecule has 0 atom stereocenters. The summed E-state index contributed by atoms with van der Waals surface area (Å²) in [6.45, 7) is 2.24. The number of nitrogens with zero attached hydrogens (tertiary/aromatic N) is 5. The molecule has 0 unspecified atom stereocenters. The SMILES string of the molecule is [2H]C.[2H]C.[2H][2H].[2H][2H].[2H][2H].[2H][2H].[Pt].[c-]1c(Oc2[c-]c3c(cc2)c2ccccc2n3-c2cc(C3(c4ccc(-n5c6ccccc6c6ccccc65)cc4)C4CC5CC(C4)CC3C5)ccn2)cc(-c2c(-c3ccccc3)cccc2-c2ccccc2)cc1N1[CH-]N(c2c(-c3ccccc3)cccc2-c2ccccc2)c2ccccc21. The molecule has 3 aromatic heterocycles. The van der Waals surface area contributed by atoms with Crippen LogP contribution in [0.4, 0.5) is 22.7 Å². The van der Waals surface area contributed by atoms with Crippen LogP contribution in [0.2, 0.25) is 0 Å². The van der Waals surface area contributed by atoms with Crippen LogP contribution in [0.1, 0.15) is 72.7 Å². The van der Waals surface area contributed by atoms with Gasteiger partial charge in [0.15, 0.2) is 0 Å². The summed E-state index contributed by atoms with van der Waals surface area (Å²) in [5.41, 5.74) is 23.2. The fourth-order valence-electron chi connectivity index (χ4n) is 18.6. The molecule has 4 fully saturated rings. The van der Waals surface area contributed by atoms with E-state index in [4.69, 9.17) is 24.3 Å². The number of hydrogen-bond acceptors (Lipinski definition) is 4. The molecule has 5 aliphatic rings. The number of hydrogen-bond donors (Lipinski definition) is 0. The van der Waals surface area contributed by atoms with Crippen LogP contribution in [0.5, 0.6) is 11.5 Å². The molecule has 512 valence electrons. The van der Waals surface area contributed by atoms with Crippen LogP contribution in [0, 0.1) is 42.5 Å². The molecule has 4 saturated carbocycles. The Kier molecular flexibility index (Phi) is 15.1. The summed E-state index contributed by atoms with van der Waals surface area (Å²) in [6, 6.07) is 123. The quantitative estimate of drug-likeness (QED) is 0.108. The molecule has 0 radical (unpaired) electrons. The number of pyridine rings is 1. The molecule has 103 heavy (non-hydrogen) atoms. The predicted octanol–water partition coefficient (Wildman–Crippen LogP) is 26.4. The number of aromatic nitrogens is 3. The molecule has 1 aliphatic heterocycles. The molecule has 0 spiro atoms. The van der Waals surface area contributed by atoms with Gasteiger partial charge < -0.3 is 23.7 Å². The number of rotatable bonds is 13. The Morgan fingerprint density at radius 2 is 0.893 bits per heavy atom. The van der Waals surface area contributed by atoms with Crippen molar-refractivity contribution in [1.29, 1.82) is 0 Å². The summed E-state index contributed by atoms with van der Waals surface area (Å²) >= 11 is 0. The first kappa shape index (κ1) is 58.4. The topological polar surface area (TPSA) is 38.5 Å². The van der Waals surface area contributed by atoms with Gasteiger partial charge in [0.25, 0.3) is 0 Å². The summed E-state index contributed by atoms with van der Waals surface area (Å²) in [4.78, 5) is 10.0. The zero-order valence-electron chi connectivity index (χ0n) is 67.5. The first-order chi connectivity index (χ1) is 55.6. The molecule has 0 amide bonds. The zero-order valence-corrected chi connectivity index (χ0v) is 59.8. The average Bonchev–Trinajstić information content (AvgIpc) is 0.991. The van der Waals surface area contributed by atoms with E-state index in [1.165, 1.54) is 85.5 Å². The minimum atomic E-state index is -0.181. The van der Waals surface area contributed by atoms with Crippen molar-refractivity contribution in [2.24, 2.45) is 23.7 Å². The predicted molar refractivity (Wildman–Crippen MR) is 432 cm³/mol. The molecular weight excluding hydrogens is 1430 g/mol. The second-order valence-electron chi connectivity index (χ2n) is 27.9. The van der Waals surface area contributed by atoms with Crippen LogP contribution in [-0.2, 0) is 26.5 Å². The van der Waals surface area contributed by atoms with Gasteiger partial charge >= 0.3 is 0 Å². The molecule has 6 nitrogen and oxygen atoms in total. The van der Waals surface area contributed by atoms with Crippen molar-refractivity contribution >= 4 is 66.4 Å². The van der Waals surface area contributed by atoms with Crippen molar-refractivity contribution in [2.75, 3.05) is 9.80 Å². The van der Waals surface area contributed by atoms with Gasteiger partial charge in [-0.05, 0) is 166 Å². The fraction of sp³-hybridized carbons (Fsp3) is 0.125. The van der Waals surface area contributed by atoms with E-state index in [1.807, 2.05) is 0 Å². The van der Waals surface area contributed by atoms with E-state index in [0.29, 0.717) is 23.3 Å². The van der Waals surface area contributed by atoms with Crippen LogP contribution in [0.15, 0.2) is 322 Å². The van der Waals surface area contributed by atoms with Crippen LogP contribution in [-0.4, -0.2) is 14.1 Å². The van der Waals surface area contributed by atoms with Crippen LogP contribution in [0.25, 0.3) is 111 Å². The molecule has 4 aliphatic carbocycles. The summed E-state index contributed by atoms with van der Waals surface area (Å²) < 4.78 is 63.7. The van der Waals surface area contributed by atoms with Gasteiger partial charge in [-0.2, -0.15) is 6.07 Å². The Morgan fingerprint density at radius 1 is 0.417 bits per heavy atom. The number of fused-ring (bicyclic) bond motifs is 7. The molecule has 16 aromatic rings. The number of para-hydroxylation sites is 6. The standard InChI is InChI=1S/C94H68N5O.2CH4.Pt.4H2/c1-5-23-64(24-6-1)77-34-21-35-78(65-25-7-2-8-26-65)92(77)68-56-74(96-61-97(89-42-20-19-41-88(89)96)93-79(66-27-9-3-10-28-66)36-22-37-80(93)67-29-11-4-12-30-67)59-76(57-68)100-75-47-48-84-83-33-15-18-40-87(83)99(90(84)60-75)91-58-70(49-50-95-91)94(71-52-62-51-63(54-71)55-72(94)53-62)69-43-45-73(46-44-69)98-85-38-16-13-31-81(85)82-32-14-17-39-86(82)98;;;;;;;/h1-50,56-58,61-63,71-72H,51-55H2;2*1H4;;4*1H/q-3;;;;;;;/i;2*1D;;4*1+1D. The summed E-state index contributed by atoms with van der Waals surface area (Å²) in [7, 11) is 2.50. The Labute approximate surface area is 633 Å². The Balaban J connectivity index is 0.000000822. The number of anilines is 4. The maximum Gasteiger partial charge on any atom is 0.135 e. The van der Waals surface area contributed by atoms with Gasteiger partial charge in [-0.3, -0.25) is 0 Å². The molecule has 7 heteroatoms. The van der Waals surface area contributed by atoms with E-state index in [1.54, 1.807) is 0 Å². The third kappa shape index (κ3) is 10.7. The summed E-state index contributed by atoms with van der Waals surface area (Å²) in [5, 5.41) is 4.77. The van der Waals surface area contributed by atoms with Crippen molar-refractivity contribution < 1.29 is 40.4 Å². The monoisotopic (exact) mass is 1530 g/mol. The van der Waals surface area contributed by atoms with Gasteiger partial charge in [0.1, 0.15) is 5.82 Å². The van der Waals surface area contributed by atoms with Crippen molar-refractivity contribution in [3.8, 4) is 78.6 Å². The van der Waals surface area contributed by atoms with E-state index in [-0.39, 0.29) is 26.5 Å². The Bertz CT molecular complexity index is 5680. The van der Waals surface area contributed by atoms with Gasteiger partial charge in [-0.1, -0.05) is 257 Å². The average molecular weight is 1530 g/mol. The van der Waals surface area contributed by atoms with E-state index in [0.717, 1.165) is 118 Å². The second kappa shape index (κ2) is 26.6. The Morgan fingerprint density at radius 3 is 1.45 bits per heavy atom. The van der Waals surface area contributed by atoms with Gasteiger partial charge in [0, 0.05) is 109 Å². The molecule has 21 rings (SSSR count). The van der Waals surface area contributed by atoms with Crippen LogP contribution < -0.4 is 14.5 Å². The third-order valence-electron chi connectivity index (χ3n) is 22.5. The van der Waals surface area contributed by atoms with Crippen LogP contribution in [0.3, 0.4) is 0 Å². The summed E-state index contributed by atoms with van der Waals surface area (Å²) in [5.74, 6) is 4.62. The van der Waals surface area contributed by atoms with E-state index >= 15 is 0 Å². The second-order valence-corrected chi connectivity index (χ2v) is 27.9. The van der Waals surface area contributed by atoms with Crippen molar-refractivity contribution in [1.82, 2.24) is 14.1 Å². The van der Waals surface area contributed by atoms with Gasteiger partial charge in [0.2, 0.25) is 0 Å². The van der Waals surface area contributed by atoms with Gasteiger partial charge in [-0.15, -0.1) is 53.6 Å². The zero-order chi connectivity index (χ0) is 77.8.